The first kappa shape index (κ1) is 23.0. The van der Waals surface area contributed by atoms with Gasteiger partial charge in [0.05, 0.1) is 18.3 Å². The smallest absolute Gasteiger partial charge is 0.372 e. The molecule has 2 heterocycles. The second-order valence-corrected chi connectivity index (χ2v) is 7.71. The molecular formula is C21H23Cl2N5O3. The van der Waals surface area contributed by atoms with Crippen LogP contribution in [0.4, 0.5) is 0 Å². The number of ether oxygens (including phenoxy) is 1. The topological polar surface area (TPSA) is 102 Å². The van der Waals surface area contributed by atoms with Gasteiger partial charge in [-0.15, -0.1) is 0 Å². The number of aromatic carboxylic acids is 1. The number of carboxylic acids is 1. The van der Waals surface area contributed by atoms with Gasteiger partial charge < -0.3 is 19.7 Å². The Morgan fingerprint density at radius 1 is 1.29 bits per heavy atom. The fourth-order valence-electron chi connectivity index (χ4n) is 3.32. The van der Waals surface area contributed by atoms with E-state index in [1.165, 1.54) is 6.20 Å². The molecule has 2 aromatic heterocycles. The van der Waals surface area contributed by atoms with Crippen molar-refractivity contribution in [3.8, 4) is 17.1 Å². The lowest BCUT2D eigenvalue weighted by atomic mass is 10.2. The highest BCUT2D eigenvalue weighted by Crippen LogP contribution is 2.30. The molecule has 1 unspecified atom stereocenters. The van der Waals surface area contributed by atoms with Gasteiger partial charge in [-0.3, -0.25) is 0 Å². The van der Waals surface area contributed by atoms with Gasteiger partial charge in [-0.1, -0.05) is 30.7 Å². The van der Waals surface area contributed by atoms with Crippen LogP contribution in [0, 0.1) is 0 Å². The summed E-state index contributed by atoms with van der Waals surface area (Å²) < 4.78 is 6.94. The van der Waals surface area contributed by atoms with E-state index < -0.39 is 5.97 Å². The van der Waals surface area contributed by atoms with Crippen LogP contribution in [-0.2, 0) is 19.5 Å². The molecule has 3 rings (SSSR count). The highest BCUT2D eigenvalue weighted by molar-refractivity contribution is 6.33. The minimum atomic E-state index is -1.13. The third-order valence-corrected chi connectivity index (χ3v) is 5.24. The summed E-state index contributed by atoms with van der Waals surface area (Å²) in [5, 5.41) is 13.4. The summed E-state index contributed by atoms with van der Waals surface area (Å²) in [6.45, 7) is 4.92. The van der Waals surface area contributed by atoms with Crippen LogP contribution in [0.3, 0.4) is 0 Å². The van der Waals surface area contributed by atoms with Gasteiger partial charge in [-0.25, -0.2) is 19.7 Å². The summed E-state index contributed by atoms with van der Waals surface area (Å²) in [6, 6.07) is 7.73. The van der Waals surface area contributed by atoms with E-state index in [2.05, 4.69) is 20.3 Å². The number of nitrogens with zero attached hydrogens (tertiary/aromatic N) is 4. The van der Waals surface area contributed by atoms with Gasteiger partial charge in [0.25, 0.3) is 0 Å². The summed E-state index contributed by atoms with van der Waals surface area (Å²) in [5.74, 6) is -0.419. The fourth-order valence-corrected chi connectivity index (χ4v) is 3.63. The number of aromatic nitrogens is 4. The number of hydrogen-bond donors (Lipinski definition) is 2. The summed E-state index contributed by atoms with van der Waals surface area (Å²) in [4.78, 5) is 24.3. The normalized spacial score (nSPS) is 12.0. The molecule has 1 atom stereocenters. The number of carbonyl (C=O) groups is 1. The number of carboxylic acid groups (broad SMARTS) is 1. The first-order valence-corrected chi connectivity index (χ1v) is 10.5. The molecule has 10 heteroatoms. The van der Waals surface area contributed by atoms with Crippen molar-refractivity contribution in [2.24, 2.45) is 0 Å². The number of rotatable bonds is 9. The first-order valence-electron chi connectivity index (χ1n) is 9.71. The standard InChI is InChI=1S/C21H23Cl2N5O3/c1-4-16-18(17-15(22)10-25-21(23)27-17)26-19(20(29)30)28(16)11-12(2)24-9-13-6-5-7-14(8-13)31-3/h5-8,10,12,24H,4,9,11H2,1-3H3,(H,29,30). The molecule has 0 saturated heterocycles. The molecule has 164 valence electrons. The molecular weight excluding hydrogens is 441 g/mol. The Morgan fingerprint density at radius 3 is 2.74 bits per heavy atom. The number of halogens is 2. The van der Waals surface area contributed by atoms with Crippen molar-refractivity contribution in [1.29, 1.82) is 0 Å². The predicted molar refractivity (Wildman–Crippen MR) is 119 cm³/mol. The van der Waals surface area contributed by atoms with Gasteiger partial charge in [0.2, 0.25) is 11.1 Å². The average Bonchev–Trinajstić information content (AvgIpc) is 3.12. The van der Waals surface area contributed by atoms with E-state index >= 15 is 0 Å². The molecule has 0 spiro atoms. The average molecular weight is 464 g/mol. The van der Waals surface area contributed by atoms with Crippen LogP contribution in [0.15, 0.2) is 30.5 Å². The number of hydrogen-bond acceptors (Lipinski definition) is 6. The Labute approximate surface area is 190 Å². The number of methoxy groups -OCH3 is 1. The Morgan fingerprint density at radius 2 is 2.06 bits per heavy atom. The highest BCUT2D eigenvalue weighted by Gasteiger charge is 2.25. The minimum Gasteiger partial charge on any atom is -0.497 e. The zero-order valence-electron chi connectivity index (χ0n) is 17.4. The van der Waals surface area contributed by atoms with Gasteiger partial charge in [-0.05, 0) is 42.6 Å². The molecule has 0 radical (unpaired) electrons. The third-order valence-electron chi connectivity index (χ3n) is 4.78. The van der Waals surface area contributed by atoms with Gasteiger partial charge in [0.15, 0.2) is 0 Å². The lowest BCUT2D eigenvalue weighted by molar-refractivity contribution is 0.0677. The lowest BCUT2D eigenvalue weighted by Crippen LogP contribution is -2.31. The van der Waals surface area contributed by atoms with E-state index in [1.807, 2.05) is 38.1 Å². The molecule has 1 aromatic carbocycles. The molecule has 0 fully saturated rings. The summed E-state index contributed by atoms with van der Waals surface area (Å²) in [5.41, 5.74) is 2.49. The third kappa shape index (κ3) is 5.33. The highest BCUT2D eigenvalue weighted by atomic mass is 35.5. The van der Waals surface area contributed by atoms with E-state index in [9.17, 15) is 9.90 Å². The van der Waals surface area contributed by atoms with Gasteiger partial charge in [0.1, 0.15) is 17.1 Å². The van der Waals surface area contributed by atoms with Crippen molar-refractivity contribution in [2.45, 2.75) is 39.4 Å². The molecule has 31 heavy (non-hydrogen) atoms. The van der Waals surface area contributed by atoms with Crippen molar-refractivity contribution < 1.29 is 14.6 Å². The molecule has 0 bridgehead atoms. The van der Waals surface area contributed by atoms with Crippen molar-refractivity contribution in [3.05, 3.63) is 57.9 Å². The maximum Gasteiger partial charge on any atom is 0.372 e. The summed E-state index contributed by atoms with van der Waals surface area (Å²) in [7, 11) is 1.63. The van der Waals surface area contributed by atoms with Crippen LogP contribution >= 0.6 is 23.2 Å². The molecule has 0 aliphatic rings. The van der Waals surface area contributed by atoms with Crippen LogP contribution in [0.25, 0.3) is 11.4 Å². The van der Waals surface area contributed by atoms with Gasteiger partial charge in [-0.2, -0.15) is 0 Å². The molecule has 8 nitrogen and oxygen atoms in total. The Bertz CT molecular complexity index is 1090. The fraction of sp³-hybridized carbons (Fsp3) is 0.333. The van der Waals surface area contributed by atoms with Crippen molar-refractivity contribution >= 4 is 29.2 Å². The van der Waals surface area contributed by atoms with Gasteiger partial charge in [0, 0.05) is 24.8 Å². The molecule has 0 aliphatic heterocycles. The minimum absolute atomic E-state index is 0.0150. The second kappa shape index (κ2) is 10.1. The van der Waals surface area contributed by atoms with E-state index in [4.69, 9.17) is 27.9 Å². The quantitative estimate of drug-likeness (QED) is 0.460. The maximum atomic E-state index is 11.9. The van der Waals surface area contributed by atoms with Crippen molar-refractivity contribution in [2.75, 3.05) is 7.11 Å². The summed E-state index contributed by atoms with van der Waals surface area (Å²) >= 11 is 12.2. The Hall–Kier alpha value is -2.68. The largest absolute Gasteiger partial charge is 0.497 e. The van der Waals surface area contributed by atoms with Gasteiger partial charge >= 0.3 is 5.97 Å². The zero-order chi connectivity index (χ0) is 22.5. The van der Waals surface area contributed by atoms with Crippen LogP contribution < -0.4 is 10.1 Å². The number of nitrogens with one attached hydrogen (secondary N) is 1. The van der Waals surface area contributed by atoms with E-state index in [0.717, 1.165) is 11.3 Å². The molecule has 2 N–H and O–H groups in total. The molecule has 3 aromatic rings. The predicted octanol–water partition coefficient (Wildman–Crippen LogP) is 4.09. The monoisotopic (exact) mass is 463 g/mol. The molecule has 0 amide bonds. The summed E-state index contributed by atoms with van der Waals surface area (Å²) in [6.07, 6.45) is 1.92. The lowest BCUT2D eigenvalue weighted by Gasteiger charge is -2.18. The van der Waals surface area contributed by atoms with Crippen LogP contribution in [0.1, 0.15) is 35.7 Å². The van der Waals surface area contributed by atoms with E-state index in [0.29, 0.717) is 36.6 Å². The van der Waals surface area contributed by atoms with Crippen LogP contribution in [-0.4, -0.2) is 43.7 Å². The SMILES string of the molecule is CCc1c(-c2nc(Cl)ncc2Cl)nc(C(=O)O)n1CC(C)NCc1cccc(OC)c1. The van der Waals surface area contributed by atoms with Crippen LogP contribution in [0.5, 0.6) is 5.75 Å². The van der Waals surface area contributed by atoms with Crippen LogP contribution in [0.2, 0.25) is 10.3 Å². The zero-order valence-corrected chi connectivity index (χ0v) is 18.9. The number of imidazole rings is 1. The maximum absolute atomic E-state index is 11.9. The number of benzene rings is 1. The van der Waals surface area contributed by atoms with Crippen molar-refractivity contribution in [1.82, 2.24) is 24.8 Å². The van der Waals surface area contributed by atoms with Crippen molar-refractivity contribution in [3.63, 3.8) is 0 Å². The molecule has 0 saturated carbocycles. The van der Waals surface area contributed by atoms with E-state index in [-0.39, 0.29) is 22.2 Å². The Balaban J connectivity index is 1.88. The molecule has 0 aliphatic carbocycles. The Kier molecular flexibility index (Phi) is 7.48. The van der Waals surface area contributed by atoms with E-state index in [1.54, 1.807) is 11.7 Å². The first-order chi connectivity index (χ1) is 14.8. The second-order valence-electron chi connectivity index (χ2n) is 6.97.